The van der Waals surface area contributed by atoms with Crippen LogP contribution in [0, 0.1) is 0 Å². The molecule has 6 heteroatoms. The molecule has 0 unspecified atom stereocenters. The van der Waals surface area contributed by atoms with Gasteiger partial charge in [0.1, 0.15) is 0 Å². The van der Waals surface area contributed by atoms with Crippen molar-refractivity contribution in [3.63, 3.8) is 0 Å². The fourth-order valence-corrected chi connectivity index (χ4v) is 3.11. The summed E-state index contributed by atoms with van der Waals surface area (Å²) in [4.78, 5) is 23.7. The van der Waals surface area contributed by atoms with E-state index in [1.807, 2.05) is 24.3 Å². The van der Waals surface area contributed by atoms with Crippen molar-refractivity contribution in [3.8, 4) is 0 Å². The second kappa shape index (κ2) is 7.95. The Morgan fingerprint density at radius 3 is 2.90 bits per heavy atom. The zero-order chi connectivity index (χ0) is 15.1. The predicted octanol–water partition coefficient (Wildman–Crippen LogP) is 2.00. The van der Waals surface area contributed by atoms with E-state index >= 15 is 0 Å². The molecule has 0 fully saturated rings. The first-order valence-corrected chi connectivity index (χ1v) is 7.84. The molecule has 21 heavy (non-hydrogen) atoms. The Bertz CT molecular complexity index is 648. The first-order chi connectivity index (χ1) is 10.2. The number of nitrogens with one attached hydrogen (secondary N) is 1. The number of hydrogen-bond acceptors (Lipinski definition) is 4. The highest BCUT2D eigenvalue weighted by Gasteiger charge is 2.07. The lowest BCUT2D eigenvalue weighted by atomic mass is 10.2. The average molecular weight is 308 g/mol. The molecule has 114 valence electrons. The summed E-state index contributed by atoms with van der Waals surface area (Å²) in [5.74, 6) is 0.0280. The molecule has 1 aromatic heterocycles. The number of benzene rings is 1. The summed E-state index contributed by atoms with van der Waals surface area (Å²) in [5.41, 5.74) is 0.0381. The van der Waals surface area contributed by atoms with Crippen molar-refractivity contribution >= 4 is 27.5 Å². The number of nitrogens with zero attached hydrogens (tertiary/aromatic N) is 1. The number of aromatic nitrogens is 1. The molecule has 0 bridgehead atoms. The molecule has 2 rings (SSSR count). The van der Waals surface area contributed by atoms with E-state index in [2.05, 4.69) is 5.32 Å². The number of ether oxygens (including phenoxy) is 1. The molecular weight excluding hydrogens is 288 g/mol. The smallest absolute Gasteiger partial charge is 0.268 e. The van der Waals surface area contributed by atoms with Crippen molar-refractivity contribution in [2.24, 2.45) is 0 Å². The van der Waals surface area contributed by atoms with Crippen LogP contribution in [0.2, 0.25) is 0 Å². The Kier molecular flexibility index (Phi) is 5.95. The number of carbonyl (C=O) groups is 1. The molecular formula is C15H20N2O3S. The molecule has 0 aliphatic carbocycles. The van der Waals surface area contributed by atoms with Gasteiger partial charge in [0.25, 0.3) is 5.56 Å². The minimum atomic E-state index is 0.0280. The van der Waals surface area contributed by atoms with E-state index < -0.39 is 0 Å². The molecule has 2 aromatic rings. The third-order valence-corrected chi connectivity index (χ3v) is 4.29. The summed E-state index contributed by atoms with van der Waals surface area (Å²) < 4.78 is 7.63. The lowest BCUT2D eigenvalue weighted by molar-refractivity contribution is -0.121. The average Bonchev–Trinajstić information content (AvgIpc) is 2.81. The van der Waals surface area contributed by atoms with Gasteiger partial charge in [0, 0.05) is 33.2 Å². The molecule has 1 heterocycles. The quantitative estimate of drug-likeness (QED) is 0.759. The van der Waals surface area contributed by atoms with Gasteiger partial charge < -0.3 is 10.1 Å². The van der Waals surface area contributed by atoms with Crippen LogP contribution in [-0.4, -0.2) is 30.1 Å². The maximum Gasteiger partial charge on any atom is 0.268 e. The molecule has 0 atom stereocenters. The van der Waals surface area contributed by atoms with Gasteiger partial charge in [-0.2, -0.15) is 0 Å². The Labute approximate surface area is 127 Å². The Morgan fingerprint density at radius 1 is 1.33 bits per heavy atom. The van der Waals surface area contributed by atoms with Crippen molar-refractivity contribution in [1.82, 2.24) is 9.27 Å². The van der Waals surface area contributed by atoms with Gasteiger partial charge in [0.15, 0.2) is 0 Å². The normalized spacial score (nSPS) is 10.9. The summed E-state index contributed by atoms with van der Waals surface area (Å²) in [5, 5.41) is 3.60. The molecule has 0 saturated carbocycles. The number of amides is 1. The van der Waals surface area contributed by atoms with Crippen LogP contribution in [0.5, 0.6) is 0 Å². The van der Waals surface area contributed by atoms with Crippen LogP contribution in [0.4, 0.5) is 0 Å². The van der Waals surface area contributed by atoms with Gasteiger partial charge in [0.05, 0.1) is 10.1 Å². The molecule has 0 spiro atoms. The first-order valence-electron chi connectivity index (χ1n) is 7.07. The van der Waals surface area contributed by atoms with Crippen LogP contribution in [0.25, 0.3) is 10.1 Å². The van der Waals surface area contributed by atoms with E-state index in [1.54, 1.807) is 11.1 Å². The molecule has 5 nitrogen and oxygen atoms in total. The Morgan fingerprint density at radius 2 is 2.14 bits per heavy atom. The molecule has 0 aliphatic rings. The standard InChI is InChI=1S/C15H20N2O3S/c1-20-11-5-9-16-14(18)8-4-10-17-15(19)12-6-2-3-7-13(12)21-17/h2-3,6-7H,4-5,8-11H2,1H3,(H,16,18). The maximum atomic E-state index is 12.1. The molecule has 1 amide bonds. The molecule has 1 N–H and O–H groups in total. The molecule has 0 saturated heterocycles. The van der Waals surface area contributed by atoms with E-state index in [-0.39, 0.29) is 11.5 Å². The van der Waals surface area contributed by atoms with Gasteiger partial charge in [-0.25, -0.2) is 0 Å². The van der Waals surface area contributed by atoms with Crippen molar-refractivity contribution in [3.05, 3.63) is 34.6 Å². The number of fused-ring (bicyclic) bond motifs is 1. The zero-order valence-corrected chi connectivity index (χ0v) is 12.9. The fourth-order valence-electron chi connectivity index (χ4n) is 2.08. The van der Waals surface area contributed by atoms with Crippen molar-refractivity contribution in [2.75, 3.05) is 20.3 Å². The maximum absolute atomic E-state index is 12.1. The monoisotopic (exact) mass is 308 g/mol. The van der Waals surface area contributed by atoms with Gasteiger partial charge in [-0.15, -0.1) is 0 Å². The van der Waals surface area contributed by atoms with Crippen molar-refractivity contribution in [2.45, 2.75) is 25.8 Å². The van der Waals surface area contributed by atoms with Crippen LogP contribution in [0.3, 0.4) is 0 Å². The highest BCUT2D eigenvalue weighted by atomic mass is 32.1. The van der Waals surface area contributed by atoms with E-state index in [0.29, 0.717) is 32.5 Å². The number of carbonyl (C=O) groups excluding carboxylic acids is 1. The number of rotatable bonds is 8. The fraction of sp³-hybridized carbons (Fsp3) is 0.467. The highest BCUT2D eigenvalue weighted by Crippen LogP contribution is 2.16. The molecule has 0 aliphatic heterocycles. The predicted molar refractivity (Wildman–Crippen MR) is 84.8 cm³/mol. The lowest BCUT2D eigenvalue weighted by Gasteiger charge is -2.04. The second-order valence-corrected chi connectivity index (χ2v) is 5.86. The van der Waals surface area contributed by atoms with Crippen LogP contribution < -0.4 is 10.9 Å². The van der Waals surface area contributed by atoms with E-state index in [9.17, 15) is 9.59 Å². The minimum Gasteiger partial charge on any atom is -0.385 e. The number of methoxy groups -OCH3 is 1. The Balaban J connectivity index is 1.78. The van der Waals surface area contributed by atoms with E-state index in [4.69, 9.17) is 4.74 Å². The summed E-state index contributed by atoms with van der Waals surface area (Å²) in [7, 11) is 1.64. The van der Waals surface area contributed by atoms with Gasteiger partial charge in [-0.3, -0.25) is 13.5 Å². The van der Waals surface area contributed by atoms with Gasteiger partial charge in [0.2, 0.25) is 5.91 Å². The van der Waals surface area contributed by atoms with Crippen LogP contribution in [0.1, 0.15) is 19.3 Å². The molecule has 1 aromatic carbocycles. The van der Waals surface area contributed by atoms with Crippen molar-refractivity contribution < 1.29 is 9.53 Å². The summed E-state index contributed by atoms with van der Waals surface area (Å²) in [6.45, 7) is 1.87. The van der Waals surface area contributed by atoms with Gasteiger partial charge >= 0.3 is 0 Å². The highest BCUT2D eigenvalue weighted by molar-refractivity contribution is 7.13. The largest absolute Gasteiger partial charge is 0.385 e. The Hall–Kier alpha value is -1.66. The topological polar surface area (TPSA) is 60.3 Å². The van der Waals surface area contributed by atoms with Crippen LogP contribution in [0.15, 0.2) is 29.1 Å². The number of aryl methyl sites for hydroxylation is 1. The first kappa shape index (κ1) is 15.7. The minimum absolute atomic E-state index is 0.0280. The second-order valence-electron chi connectivity index (χ2n) is 4.79. The summed E-state index contributed by atoms with van der Waals surface area (Å²) >= 11 is 1.46. The van der Waals surface area contributed by atoms with Crippen LogP contribution >= 0.6 is 11.5 Å². The number of hydrogen-bond donors (Lipinski definition) is 1. The summed E-state index contributed by atoms with van der Waals surface area (Å²) in [6.07, 6.45) is 1.93. The van der Waals surface area contributed by atoms with Crippen molar-refractivity contribution in [1.29, 1.82) is 0 Å². The SMILES string of the molecule is COCCCNC(=O)CCCn1sc2ccccc2c1=O. The van der Waals surface area contributed by atoms with Gasteiger partial charge in [-0.05, 0) is 25.0 Å². The van der Waals surface area contributed by atoms with E-state index in [1.165, 1.54) is 11.5 Å². The lowest BCUT2D eigenvalue weighted by Crippen LogP contribution is -2.25. The van der Waals surface area contributed by atoms with Crippen LogP contribution in [-0.2, 0) is 16.1 Å². The summed E-state index contributed by atoms with van der Waals surface area (Å²) in [6, 6.07) is 7.58. The third-order valence-electron chi connectivity index (χ3n) is 3.16. The van der Waals surface area contributed by atoms with E-state index in [0.717, 1.165) is 16.5 Å². The van der Waals surface area contributed by atoms with Gasteiger partial charge in [-0.1, -0.05) is 23.7 Å². The molecule has 0 radical (unpaired) electrons. The third kappa shape index (κ3) is 4.41. The zero-order valence-electron chi connectivity index (χ0n) is 12.1.